The van der Waals surface area contributed by atoms with E-state index in [-0.39, 0.29) is 5.91 Å². The van der Waals surface area contributed by atoms with Crippen LogP contribution in [0.1, 0.15) is 19.4 Å². The largest absolute Gasteiger partial charge is 0.377 e. The highest BCUT2D eigenvalue weighted by Crippen LogP contribution is 2.34. The number of amides is 1. The molecule has 11 heteroatoms. The normalized spacial score (nSPS) is 19.3. The lowest BCUT2D eigenvalue weighted by atomic mass is 10.0. The molecule has 3 aromatic heterocycles. The number of rotatable bonds is 8. The standard InChI is InChI=1S/C27H29N7O3S/c1-27(2)24(36)33-26(37)34(27)13-12-30-25-29-11-9-20(32-25)22-15-18-14-19(6-7-21(18)38-22)31-23(35)8-5-17-4-3-10-28-16-17/h3-11,14-16,24,26,33,36-37H,12-13H2,1-2H3,(H,31,35)(H,29,30,32). The van der Waals surface area contributed by atoms with E-state index in [1.165, 1.54) is 6.08 Å². The quantitative estimate of drug-likeness (QED) is 0.217. The Morgan fingerprint density at radius 2 is 2.08 bits per heavy atom. The van der Waals surface area contributed by atoms with Crippen LogP contribution in [0.5, 0.6) is 0 Å². The van der Waals surface area contributed by atoms with Crippen molar-refractivity contribution in [3.8, 4) is 10.6 Å². The number of hydrogen-bond donors (Lipinski definition) is 5. The Bertz CT molecular complexity index is 1460. The summed E-state index contributed by atoms with van der Waals surface area (Å²) in [6.07, 6.45) is 6.56. The lowest BCUT2D eigenvalue weighted by molar-refractivity contribution is -0.111. The van der Waals surface area contributed by atoms with E-state index < -0.39 is 18.1 Å². The molecular formula is C27H29N7O3S. The molecule has 0 saturated carbocycles. The van der Waals surface area contributed by atoms with Crippen LogP contribution in [0.2, 0.25) is 0 Å². The van der Waals surface area contributed by atoms with E-state index in [1.54, 1.807) is 40.9 Å². The molecule has 0 aliphatic carbocycles. The molecule has 5 rings (SSSR count). The van der Waals surface area contributed by atoms with Crippen molar-refractivity contribution < 1.29 is 15.0 Å². The van der Waals surface area contributed by atoms with Crippen molar-refractivity contribution in [2.75, 3.05) is 23.7 Å². The van der Waals surface area contributed by atoms with E-state index in [0.29, 0.717) is 24.7 Å². The van der Waals surface area contributed by atoms with Crippen LogP contribution in [0, 0.1) is 0 Å². The number of anilines is 2. The average molecular weight is 532 g/mol. The summed E-state index contributed by atoms with van der Waals surface area (Å²) < 4.78 is 1.08. The third kappa shape index (κ3) is 5.72. The third-order valence-electron chi connectivity index (χ3n) is 6.45. The van der Waals surface area contributed by atoms with Crippen molar-refractivity contribution in [3.05, 3.63) is 72.7 Å². The molecular weight excluding hydrogens is 502 g/mol. The van der Waals surface area contributed by atoms with Crippen LogP contribution in [-0.4, -0.2) is 67.2 Å². The summed E-state index contributed by atoms with van der Waals surface area (Å²) in [7, 11) is 0. The highest BCUT2D eigenvalue weighted by Gasteiger charge is 2.45. The molecule has 1 fully saturated rings. The van der Waals surface area contributed by atoms with Crippen LogP contribution in [0.4, 0.5) is 11.6 Å². The molecule has 10 nitrogen and oxygen atoms in total. The lowest BCUT2D eigenvalue weighted by Crippen LogP contribution is -2.49. The topological polar surface area (TPSA) is 136 Å². The number of carbonyl (C=O) groups is 1. The first-order valence-corrected chi connectivity index (χ1v) is 13.0. The average Bonchev–Trinajstić information content (AvgIpc) is 3.41. The molecule has 0 radical (unpaired) electrons. The molecule has 4 aromatic rings. The molecule has 5 N–H and O–H groups in total. The molecule has 1 aliphatic rings. The van der Waals surface area contributed by atoms with E-state index in [4.69, 9.17) is 0 Å². The van der Waals surface area contributed by atoms with Gasteiger partial charge < -0.3 is 20.8 Å². The van der Waals surface area contributed by atoms with Gasteiger partial charge in [0.15, 0.2) is 6.35 Å². The first kappa shape index (κ1) is 25.9. The fourth-order valence-electron chi connectivity index (χ4n) is 4.26. The van der Waals surface area contributed by atoms with Crippen LogP contribution >= 0.6 is 11.3 Å². The number of benzene rings is 1. The van der Waals surface area contributed by atoms with Crippen molar-refractivity contribution in [2.45, 2.75) is 32.0 Å². The van der Waals surface area contributed by atoms with Crippen LogP contribution < -0.4 is 16.0 Å². The Kier molecular flexibility index (Phi) is 7.45. The summed E-state index contributed by atoms with van der Waals surface area (Å²) >= 11 is 1.61. The monoisotopic (exact) mass is 531 g/mol. The molecule has 2 unspecified atom stereocenters. The second-order valence-corrected chi connectivity index (χ2v) is 10.5. The zero-order chi connectivity index (χ0) is 26.7. The van der Waals surface area contributed by atoms with Crippen molar-refractivity contribution in [2.24, 2.45) is 0 Å². The molecule has 38 heavy (non-hydrogen) atoms. The van der Waals surface area contributed by atoms with Gasteiger partial charge in [0.05, 0.1) is 16.1 Å². The maximum Gasteiger partial charge on any atom is 0.248 e. The Morgan fingerprint density at radius 1 is 1.21 bits per heavy atom. The Labute approximate surface area is 224 Å². The van der Waals surface area contributed by atoms with Gasteiger partial charge in [0.1, 0.15) is 6.23 Å². The number of thiophene rings is 1. The minimum Gasteiger partial charge on any atom is -0.377 e. The molecule has 1 aliphatic heterocycles. The zero-order valence-corrected chi connectivity index (χ0v) is 21.8. The molecule has 0 bridgehead atoms. The number of carbonyl (C=O) groups excluding carboxylic acids is 1. The smallest absolute Gasteiger partial charge is 0.248 e. The van der Waals surface area contributed by atoms with Gasteiger partial charge in [0.25, 0.3) is 0 Å². The van der Waals surface area contributed by atoms with Gasteiger partial charge >= 0.3 is 0 Å². The van der Waals surface area contributed by atoms with Gasteiger partial charge in [-0.25, -0.2) is 9.97 Å². The van der Waals surface area contributed by atoms with Gasteiger partial charge in [0.2, 0.25) is 11.9 Å². The second kappa shape index (κ2) is 10.9. The molecule has 2 atom stereocenters. The van der Waals surface area contributed by atoms with E-state index in [2.05, 4.69) is 30.9 Å². The third-order valence-corrected chi connectivity index (χ3v) is 7.59. The molecule has 196 valence electrons. The van der Waals surface area contributed by atoms with Crippen molar-refractivity contribution in [1.29, 1.82) is 0 Å². The van der Waals surface area contributed by atoms with Gasteiger partial charge in [-0.3, -0.25) is 20.0 Å². The maximum atomic E-state index is 12.4. The summed E-state index contributed by atoms with van der Waals surface area (Å²) in [5, 5.41) is 30.1. The van der Waals surface area contributed by atoms with E-state index in [1.807, 2.05) is 56.3 Å². The van der Waals surface area contributed by atoms with Gasteiger partial charge in [-0.2, -0.15) is 0 Å². The first-order valence-electron chi connectivity index (χ1n) is 12.2. The van der Waals surface area contributed by atoms with Crippen molar-refractivity contribution in [1.82, 2.24) is 25.2 Å². The number of aliphatic hydroxyl groups is 2. The molecule has 1 saturated heterocycles. The number of nitrogens with zero attached hydrogens (tertiary/aromatic N) is 4. The van der Waals surface area contributed by atoms with Crippen LogP contribution in [0.25, 0.3) is 26.7 Å². The highest BCUT2D eigenvalue weighted by molar-refractivity contribution is 7.22. The Balaban J connectivity index is 1.23. The molecule has 4 heterocycles. The van der Waals surface area contributed by atoms with Gasteiger partial charge in [-0.1, -0.05) is 6.07 Å². The maximum absolute atomic E-state index is 12.4. The summed E-state index contributed by atoms with van der Waals surface area (Å²) in [4.78, 5) is 28.1. The number of fused-ring (bicyclic) bond motifs is 1. The van der Waals surface area contributed by atoms with Crippen LogP contribution in [-0.2, 0) is 4.79 Å². The second-order valence-electron chi connectivity index (χ2n) is 9.45. The van der Waals surface area contributed by atoms with E-state index in [0.717, 1.165) is 26.2 Å². The predicted molar refractivity (Wildman–Crippen MR) is 149 cm³/mol. The number of aliphatic hydroxyl groups excluding tert-OH is 2. The zero-order valence-electron chi connectivity index (χ0n) is 21.0. The molecule has 1 amide bonds. The Morgan fingerprint density at radius 3 is 2.84 bits per heavy atom. The number of hydrogen-bond acceptors (Lipinski definition) is 10. The number of aromatic nitrogens is 3. The van der Waals surface area contributed by atoms with Gasteiger partial charge in [0, 0.05) is 48.1 Å². The fourth-order valence-corrected chi connectivity index (χ4v) is 5.28. The van der Waals surface area contributed by atoms with E-state index in [9.17, 15) is 15.0 Å². The SMILES string of the molecule is CC1(C)C(O)NC(O)N1CCNc1nccc(-c2cc3cc(NC(=O)C=Cc4cccnc4)ccc3s2)n1. The van der Waals surface area contributed by atoms with Gasteiger partial charge in [-0.05, 0) is 67.3 Å². The van der Waals surface area contributed by atoms with Crippen molar-refractivity contribution in [3.63, 3.8) is 0 Å². The Hall–Kier alpha value is -3.74. The minimum atomic E-state index is -0.917. The van der Waals surface area contributed by atoms with Gasteiger partial charge in [-0.15, -0.1) is 11.3 Å². The number of nitrogens with one attached hydrogen (secondary N) is 3. The molecule has 0 spiro atoms. The number of pyridine rings is 1. The summed E-state index contributed by atoms with van der Waals surface area (Å²) in [5.41, 5.74) is 1.74. The predicted octanol–water partition coefficient (Wildman–Crippen LogP) is 3.10. The highest BCUT2D eigenvalue weighted by atomic mass is 32.1. The van der Waals surface area contributed by atoms with Crippen LogP contribution in [0.3, 0.4) is 0 Å². The summed E-state index contributed by atoms with van der Waals surface area (Å²) in [5.74, 6) is 0.263. The fraction of sp³-hybridized carbons (Fsp3) is 0.259. The first-order chi connectivity index (χ1) is 18.3. The van der Waals surface area contributed by atoms with Crippen molar-refractivity contribution >= 4 is 45.0 Å². The lowest BCUT2D eigenvalue weighted by Gasteiger charge is -2.33. The summed E-state index contributed by atoms with van der Waals surface area (Å²) in [6, 6.07) is 13.4. The minimum absolute atomic E-state index is 0.217. The summed E-state index contributed by atoms with van der Waals surface area (Å²) in [6.45, 7) is 4.72. The molecule has 1 aromatic carbocycles. The van der Waals surface area contributed by atoms with E-state index >= 15 is 0 Å². The van der Waals surface area contributed by atoms with Crippen LogP contribution in [0.15, 0.2) is 67.1 Å².